The molecule has 2 rings (SSSR count). The molecule has 0 aliphatic rings. The summed E-state index contributed by atoms with van der Waals surface area (Å²) in [7, 11) is 0. The molecule has 92 valence electrons. The van der Waals surface area contributed by atoms with Crippen LogP contribution in [0.15, 0.2) is 30.3 Å². The van der Waals surface area contributed by atoms with Crippen molar-refractivity contribution < 1.29 is 0 Å². The fraction of sp³-hybridized carbons (Fsp3) is 0.267. The summed E-state index contributed by atoms with van der Waals surface area (Å²) >= 11 is 1.82. The highest BCUT2D eigenvalue weighted by molar-refractivity contribution is 7.12. The van der Waals surface area contributed by atoms with Gasteiger partial charge in [-0.25, -0.2) is 0 Å². The van der Waals surface area contributed by atoms with E-state index < -0.39 is 0 Å². The minimum Gasteiger partial charge on any atom is -0.379 e. The lowest BCUT2D eigenvalue weighted by Crippen LogP contribution is -2.00. The molecule has 2 aromatic rings. The van der Waals surface area contributed by atoms with Crippen molar-refractivity contribution >= 4 is 17.0 Å². The van der Waals surface area contributed by atoms with Crippen molar-refractivity contribution in [3.05, 3.63) is 51.2 Å². The molecule has 1 N–H and O–H groups in total. The van der Waals surface area contributed by atoms with Gasteiger partial charge in [-0.2, -0.15) is 5.26 Å². The molecule has 0 radical (unpaired) electrons. The van der Waals surface area contributed by atoms with Crippen molar-refractivity contribution in [3.63, 3.8) is 0 Å². The van der Waals surface area contributed by atoms with Crippen LogP contribution < -0.4 is 5.32 Å². The van der Waals surface area contributed by atoms with Gasteiger partial charge < -0.3 is 5.32 Å². The van der Waals surface area contributed by atoms with Gasteiger partial charge >= 0.3 is 0 Å². The van der Waals surface area contributed by atoms with Crippen molar-refractivity contribution in [1.82, 2.24) is 0 Å². The summed E-state index contributed by atoms with van der Waals surface area (Å²) in [6.07, 6.45) is 1.08. The van der Waals surface area contributed by atoms with Crippen LogP contribution in [-0.2, 0) is 13.0 Å². The van der Waals surface area contributed by atoms with E-state index in [0.717, 1.165) is 24.2 Å². The molecule has 2 nitrogen and oxygen atoms in total. The lowest BCUT2D eigenvalue weighted by Gasteiger charge is -2.07. The number of anilines is 1. The molecule has 0 aliphatic heterocycles. The summed E-state index contributed by atoms with van der Waals surface area (Å²) in [5.41, 5.74) is 2.79. The maximum Gasteiger partial charge on any atom is 0.101 e. The quantitative estimate of drug-likeness (QED) is 0.893. The maximum atomic E-state index is 9.06. The van der Waals surface area contributed by atoms with Gasteiger partial charge in [0.1, 0.15) is 6.07 Å². The van der Waals surface area contributed by atoms with Gasteiger partial charge in [0.05, 0.1) is 11.3 Å². The van der Waals surface area contributed by atoms with Gasteiger partial charge in [-0.3, -0.25) is 0 Å². The van der Waals surface area contributed by atoms with Crippen LogP contribution in [0, 0.1) is 18.3 Å². The normalized spacial score (nSPS) is 10.1. The first-order valence-electron chi connectivity index (χ1n) is 6.05. The standard InChI is InChI=1S/C15H16N2S/c1-3-13-6-7-14(18-13)10-17-15-8-11(2)4-5-12(15)9-16/h4-8,17H,3,10H2,1-2H3. The number of nitrogens with one attached hydrogen (secondary N) is 1. The predicted octanol–water partition coefficient (Wildman–Crippen LogP) is 4.10. The van der Waals surface area contributed by atoms with E-state index in [9.17, 15) is 0 Å². The van der Waals surface area contributed by atoms with E-state index in [0.29, 0.717) is 5.56 Å². The minimum atomic E-state index is 0.702. The molecule has 1 aromatic heterocycles. The fourth-order valence-corrected chi connectivity index (χ4v) is 2.69. The molecule has 0 bridgehead atoms. The Labute approximate surface area is 112 Å². The Morgan fingerprint density at radius 1 is 1.22 bits per heavy atom. The topological polar surface area (TPSA) is 35.8 Å². The Bertz CT molecular complexity index is 578. The second-order valence-corrected chi connectivity index (χ2v) is 5.49. The van der Waals surface area contributed by atoms with E-state index in [-0.39, 0.29) is 0 Å². The summed E-state index contributed by atoms with van der Waals surface area (Å²) in [4.78, 5) is 2.70. The van der Waals surface area contributed by atoms with Crippen molar-refractivity contribution in [2.24, 2.45) is 0 Å². The molecule has 0 amide bonds. The first-order valence-corrected chi connectivity index (χ1v) is 6.86. The van der Waals surface area contributed by atoms with Crippen molar-refractivity contribution in [3.8, 4) is 6.07 Å². The number of hydrogen-bond donors (Lipinski definition) is 1. The highest BCUT2D eigenvalue weighted by atomic mass is 32.1. The Balaban J connectivity index is 2.10. The highest BCUT2D eigenvalue weighted by Crippen LogP contribution is 2.21. The van der Waals surface area contributed by atoms with Gasteiger partial charge in [0.25, 0.3) is 0 Å². The molecule has 0 aliphatic carbocycles. The molecule has 1 heterocycles. The zero-order valence-corrected chi connectivity index (χ0v) is 11.5. The molecule has 0 atom stereocenters. The summed E-state index contributed by atoms with van der Waals surface area (Å²) in [5, 5.41) is 12.4. The van der Waals surface area contributed by atoms with Crippen LogP contribution >= 0.6 is 11.3 Å². The third-order valence-electron chi connectivity index (χ3n) is 2.81. The second kappa shape index (κ2) is 5.70. The second-order valence-electron chi connectivity index (χ2n) is 4.24. The number of thiophene rings is 1. The summed E-state index contributed by atoms with van der Waals surface area (Å²) in [5.74, 6) is 0. The molecule has 0 saturated carbocycles. The zero-order valence-electron chi connectivity index (χ0n) is 10.7. The predicted molar refractivity (Wildman–Crippen MR) is 76.9 cm³/mol. The Morgan fingerprint density at radius 2 is 2.00 bits per heavy atom. The van der Waals surface area contributed by atoms with Crippen LogP contribution in [0.25, 0.3) is 0 Å². The van der Waals surface area contributed by atoms with E-state index in [4.69, 9.17) is 5.26 Å². The van der Waals surface area contributed by atoms with E-state index >= 15 is 0 Å². The van der Waals surface area contributed by atoms with Gasteiger partial charge in [-0.15, -0.1) is 11.3 Å². The van der Waals surface area contributed by atoms with E-state index in [1.54, 1.807) is 0 Å². The molecule has 0 fully saturated rings. The molecule has 3 heteroatoms. The average Bonchev–Trinajstić information content (AvgIpc) is 2.84. The molecule has 0 saturated heterocycles. The van der Waals surface area contributed by atoms with Crippen molar-refractivity contribution in [2.45, 2.75) is 26.8 Å². The largest absolute Gasteiger partial charge is 0.379 e. The van der Waals surface area contributed by atoms with Crippen LogP contribution in [0.5, 0.6) is 0 Å². The van der Waals surface area contributed by atoms with E-state index in [2.05, 4.69) is 30.4 Å². The monoisotopic (exact) mass is 256 g/mol. The number of aryl methyl sites for hydroxylation is 2. The van der Waals surface area contributed by atoms with Crippen LogP contribution in [-0.4, -0.2) is 0 Å². The van der Waals surface area contributed by atoms with Crippen molar-refractivity contribution in [1.29, 1.82) is 5.26 Å². The van der Waals surface area contributed by atoms with Gasteiger partial charge in [0.2, 0.25) is 0 Å². The number of rotatable bonds is 4. The lowest BCUT2D eigenvalue weighted by atomic mass is 10.1. The SMILES string of the molecule is CCc1ccc(CNc2cc(C)ccc2C#N)s1. The van der Waals surface area contributed by atoms with Gasteiger partial charge in [0, 0.05) is 16.3 Å². The summed E-state index contributed by atoms with van der Waals surface area (Å²) < 4.78 is 0. The zero-order chi connectivity index (χ0) is 13.0. The first kappa shape index (κ1) is 12.7. The summed E-state index contributed by atoms with van der Waals surface area (Å²) in [6.45, 7) is 4.98. The molecule has 1 aromatic carbocycles. The van der Waals surface area contributed by atoms with E-state index in [1.165, 1.54) is 9.75 Å². The molecule has 0 unspecified atom stereocenters. The minimum absolute atomic E-state index is 0.702. The molecular formula is C15H16N2S. The third kappa shape index (κ3) is 2.91. The van der Waals surface area contributed by atoms with Crippen LogP contribution in [0.3, 0.4) is 0 Å². The number of hydrogen-bond acceptors (Lipinski definition) is 3. The van der Waals surface area contributed by atoms with Gasteiger partial charge in [-0.05, 0) is 43.2 Å². The van der Waals surface area contributed by atoms with Crippen LogP contribution in [0.1, 0.15) is 27.8 Å². The highest BCUT2D eigenvalue weighted by Gasteiger charge is 2.03. The average molecular weight is 256 g/mol. The third-order valence-corrected chi connectivity index (χ3v) is 4.04. The molecular weight excluding hydrogens is 240 g/mol. The number of benzene rings is 1. The first-order chi connectivity index (χ1) is 8.72. The lowest BCUT2D eigenvalue weighted by molar-refractivity contribution is 1.18. The number of nitrogens with zero attached hydrogens (tertiary/aromatic N) is 1. The van der Waals surface area contributed by atoms with Crippen molar-refractivity contribution in [2.75, 3.05) is 5.32 Å². The van der Waals surface area contributed by atoms with Crippen LogP contribution in [0.2, 0.25) is 0 Å². The fourth-order valence-electron chi connectivity index (χ4n) is 1.79. The van der Waals surface area contributed by atoms with Gasteiger partial charge in [-0.1, -0.05) is 13.0 Å². The maximum absolute atomic E-state index is 9.06. The Morgan fingerprint density at radius 3 is 2.67 bits per heavy atom. The Kier molecular flexibility index (Phi) is 4.01. The van der Waals surface area contributed by atoms with E-state index in [1.807, 2.05) is 36.5 Å². The van der Waals surface area contributed by atoms with Gasteiger partial charge in [0.15, 0.2) is 0 Å². The number of nitriles is 1. The molecule has 18 heavy (non-hydrogen) atoms. The summed E-state index contributed by atoms with van der Waals surface area (Å²) in [6, 6.07) is 12.4. The van der Waals surface area contributed by atoms with Crippen LogP contribution in [0.4, 0.5) is 5.69 Å². The molecule has 0 spiro atoms. The Hall–Kier alpha value is -1.79. The smallest absolute Gasteiger partial charge is 0.101 e.